The van der Waals surface area contributed by atoms with Crippen LogP contribution in [0.3, 0.4) is 0 Å². The molecule has 9 heteroatoms. The fourth-order valence-corrected chi connectivity index (χ4v) is 3.85. The molecule has 0 spiro atoms. The number of imidazole rings is 1. The second-order valence-corrected chi connectivity index (χ2v) is 9.30. The molecule has 0 atom stereocenters. The van der Waals surface area contributed by atoms with Crippen LogP contribution in [0.5, 0.6) is 0 Å². The monoisotopic (exact) mass is 424 g/mol. The summed E-state index contributed by atoms with van der Waals surface area (Å²) in [6.07, 6.45) is 4.31. The highest BCUT2D eigenvalue weighted by molar-refractivity contribution is 7.64. The summed E-state index contributed by atoms with van der Waals surface area (Å²) in [5.74, 6) is -4.73. The maximum absolute atomic E-state index is 15.2. The minimum Gasteiger partial charge on any atom is -0.307 e. The van der Waals surface area contributed by atoms with Crippen molar-refractivity contribution in [3.63, 3.8) is 0 Å². The van der Waals surface area contributed by atoms with Gasteiger partial charge in [-0.2, -0.15) is 18.6 Å². The lowest BCUT2D eigenvalue weighted by Crippen LogP contribution is -2.39. The van der Waals surface area contributed by atoms with E-state index in [1.165, 1.54) is 35.0 Å². The van der Waals surface area contributed by atoms with E-state index in [9.17, 15) is 0 Å². The van der Waals surface area contributed by atoms with Crippen LogP contribution in [0, 0.1) is 10.8 Å². The first-order valence-corrected chi connectivity index (χ1v) is 11.3. The van der Waals surface area contributed by atoms with E-state index in [0.29, 0.717) is 16.0 Å². The van der Waals surface area contributed by atoms with Gasteiger partial charge in [0.05, 0.1) is 5.69 Å². The molecule has 3 heterocycles. The van der Waals surface area contributed by atoms with Crippen molar-refractivity contribution in [3.8, 4) is 11.3 Å². The molecule has 1 aromatic carbocycles. The Morgan fingerprint density at radius 1 is 1.10 bits per heavy atom. The van der Waals surface area contributed by atoms with Gasteiger partial charge in [0.2, 0.25) is 0 Å². The number of benzene rings is 1. The average Bonchev–Trinajstić information content (AvgIpc) is 3.21. The normalized spacial score (nSPS) is 11.9. The molecule has 0 aliphatic heterocycles. The quantitative estimate of drug-likeness (QED) is 0.298. The van der Waals surface area contributed by atoms with Crippen molar-refractivity contribution in [3.05, 3.63) is 78.2 Å². The second kappa shape index (κ2) is 7.54. The number of aromatic nitrogens is 4. The third-order valence-electron chi connectivity index (χ3n) is 4.75. The lowest BCUT2D eigenvalue weighted by molar-refractivity contribution is 0.0691. The van der Waals surface area contributed by atoms with Crippen molar-refractivity contribution >= 4 is 24.7 Å². The molecule has 0 bridgehead atoms. The van der Waals surface area contributed by atoms with Crippen LogP contribution in [0.2, 0.25) is 0 Å². The minimum absolute atomic E-state index is 0.295. The van der Waals surface area contributed by atoms with Crippen molar-refractivity contribution in [1.82, 2.24) is 19.2 Å². The Morgan fingerprint density at radius 3 is 2.67 bits per heavy atom. The summed E-state index contributed by atoms with van der Waals surface area (Å²) in [7, 11) is -0.329. The Morgan fingerprint density at radius 2 is 1.90 bits per heavy atom. The highest BCUT2D eigenvalue weighted by Gasteiger charge is 2.40. The number of pyridine rings is 1. The van der Waals surface area contributed by atoms with E-state index in [1.54, 1.807) is 12.3 Å². The zero-order valence-corrected chi connectivity index (χ0v) is 17.2. The second-order valence-electron chi connectivity index (χ2n) is 6.99. The van der Waals surface area contributed by atoms with Gasteiger partial charge in [0.25, 0.3) is 0 Å². The number of rotatable bonds is 4. The van der Waals surface area contributed by atoms with Gasteiger partial charge in [-0.1, -0.05) is 26.1 Å². The minimum atomic E-state index is -3.65. The van der Waals surface area contributed by atoms with E-state index < -0.39 is 11.8 Å². The van der Waals surface area contributed by atoms with E-state index in [2.05, 4.69) is 23.4 Å². The van der Waals surface area contributed by atoms with Gasteiger partial charge < -0.3 is 4.40 Å². The third kappa shape index (κ3) is 3.55. The Hall–Kier alpha value is -3.25. The fourth-order valence-electron chi connectivity index (χ4n) is 3.07. The zero-order valence-electron chi connectivity index (χ0n) is 16.3. The molecule has 2 N–H and O–H groups in total. The Kier molecular flexibility index (Phi) is 5.03. The number of hydrogen-bond donors (Lipinski definition) is 2. The van der Waals surface area contributed by atoms with Gasteiger partial charge >= 0.3 is 5.92 Å². The largest absolute Gasteiger partial charge is 0.332 e. The maximum atomic E-state index is 15.2. The lowest BCUT2D eigenvalue weighted by Gasteiger charge is -2.19. The number of halogens is 2. The first-order valence-electron chi connectivity index (χ1n) is 9.10. The van der Waals surface area contributed by atoms with Gasteiger partial charge in [0, 0.05) is 29.7 Å². The Labute approximate surface area is 172 Å². The maximum Gasteiger partial charge on any atom is 0.332 e. The molecule has 0 aliphatic carbocycles. The van der Waals surface area contributed by atoms with Crippen LogP contribution in [0.1, 0.15) is 5.56 Å². The van der Waals surface area contributed by atoms with Crippen LogP contribution in [0.15, 0.2) is 67.1 Å². The number of fused-ring (bicyclic) bond motifs is 1. The van der Waals surface area contributed by atoms with Gasteiger partial charge in [0.15, 0.2) is 5.84 Å². The zero-order chi connectivity index (χ0) is 21.5. The summed E-state index contributed by atoms with van der Waals surface area (Å²) in [6.45, 7) is 4.25. The molecule has 30 heavy (non-hydrogen) atoms. The molecule has 0 saturated heterocycles. The molecule has 0 amide bonds. The molecule has 0 unspecified atom stereocenters. The summed E-state index contributed by atoms with van der Waals surface area (Å²) >= 11 is 0. The van der Waals surface area contributed by atoms with Crippen molar-refractivity contribution in [1.29, 1.82) is 10.8 Å². The number of nitrogens with zero attached hydrogens (tertiary/aromatic N) is 4. The third-order valence-corrected chi connectivity index (χ3v) is 6.06. The van der Waals surface area contributed by atoms with Crippen LogP contribution in [0.25, 0.3) is 16.9 Å². The highest BCUT2D eigenvalue weighted by atomic mass is 31.1. The topological polar surface area (TPSA) is 82.8 Å². The summed E-state index contributed by atoms with van der Waals surface area (Å²) < 4.78 is 32.5. The van der Waals surface area contributed by atoms with E-state index in [-0.39, 0.29) is 19.0 Å². The van der Waals surface area contributed by atoms with E-state index >= 15 is 8.78 Å². The summed E-state index contributed by atoms with van der Waals surface area (Å²) in [5, 5.41) is 21.5. The predicted molar refractivity (Wildman–Crippen MR) is 114 cm³/mol. The van der Waals surface area contributed by atoms with Gasteiger partial charge in [-0.05, 0) is 49.0 Å². The smallest absolute Gasteiger partial charge is 0.307 e. The predicted octanol–water partition coefficient (Wildman–Crippen LogP) is 3.66. The van der Waals surface area contributed by atoms with Crippen molar-refractivity contribution < 1.29 is 8.78 Å². The van der Waals surface area contributed by atoms with Crippen LogP contribution in [-0.2, 0) is 5.92 Å². The van der Waals surface area contributed by atoms with Gasteiger partial charge in [-0.3, -0.25) is 10.8 Å². The Bertz CT molecular complexity index is 1310. The average molecular weight is 424 g/mol. The molecular formula is C21H19F2N6P. The molecule has 4 rings (SSSR count). The van der Waals surface area contributed by atoms with Gasteiger partial charge in [0.1, 0.15) is 11.1 Å². The number of alkyl halides is 2. The Balaban J connectivity index is 1.76. The molecule has 4 aromatic rings. The van der Waals surface area contributed by atoms with E-state index in [0.717, 1.165) is 10.9 Å². The fraction of sp³-hybridized carbons (Fsp3) is 0.143. The lowest BCUT2D eigenvalue weighted by atomic mass is 10.1. The van der Waals surface area contributed by atoms with Gasteiger partial charge in [-0.15, -0.1) is 0 Å². The van der Waals surface area contributed by atoms with E-state index in [4.69, 9.17) is 10.8 Å². The molecule has 3 aromatic heterocycles. The summed E-state index contributed by atoms with van der Waals surface area (Å²) in [5.41, 5.74) is 1.05. The molecular weight excluding hydrogens is 405 g/mol. The van der Waals surface area contributed by atoms with Crippen LogP contribution in [0.4, 0.5) is 8.78 Å². The van der Waals surface area contributed by atoms with Crippen LogP contribution < -0.4 is 10.8 Å². The first kappa shape index (κ1) is 20.0. The van der Waals surface area contributed by atoms with Crippen LogP contribution in [-0.4, -0.2) is 38.3 Å². The molecule has 6 nitrogen and oxygen atoms in total. The molecule has 0 saturated carbocycles. The summed E-state index contributed by atoms with van der Waals surface area (Å²) in [6, 6.07) is 13.4. The van der Waals surface area contributed by atoms with Crippen molar-refractivity contribution in [2.45, 2.75) is 5.92 Å². The number of hydrogen-bond acceptors (Lipinski definition) is 4. The van der Waals surface area contributed by atoms with E-state index in [1.807, 2.05) is 24.3 Å². The molecule has 0 aliphatic rings. The highest BCUT2D eigenvalue weighted by Crippen LogP contribution is 2.30. The standard InChI is InChI=1S/C21H19F2N6P/c1-30(2)16-5-3-4-14(12-16)17-7-8-18(24)29(27-17)20(25)21(22,23)15-6-9-19-26-10-11-28(19)13-15/h3-13,24-25H,1-2H3. The van der Waals surface area contributed by atoms with Crippen molar-refractivity contribution in [2.24, 2.45) is 0 Å². The molecule has 0 radical (unpaired) electrons. The number of nitrogens with one attached hydrogen (secondary N) is 2. The summed E-state index contributed by atoms with van der Waals surface area (Å²) in [4.78, 5) is 4.04. The SMILES string of the molecule is CP(C)c1cccc(-c2ccc(=N)n(C(=N)C(F)(F)c3ccc4nccn4c3)n2)c1. The first-order chi connectivity index (χ1) is 14.3. The molecule has 152 valence electrons. The van der Waals surface area contributed by atoms with Gasteiger partial charge in [-0.25, -0.2) is 4.98 Å². The van der Waals surface area contributed by atoms with Crippen LogP contribution >= 0.6 is 7.92 Å². The molecule has 0 fully saturated rings. The van der Waals surface area contributed by atoms with Crippen molar-refractivity contribution in [2.75, 3.05) is 13.3 Å².